The zero-order valence-electron chi connectivity index (χ0n) is 19.9. The third-order valence-corrected chi connectivity index (χ3v) is 6.17. The molecule has 3 aromatic rings. The van der Waals surface area contributed by atoms with E-state index in [-0.39, 0.29) is 17.5 Å². The van der Waals surface area contributed by atoms with Crippen LogP contribution in [0.5, 0.6) is 5.75 Å². The highest BCUT2D eigenvalue weighted by Gasteiger charge is 2.35. The Labute approximate surface area is 208 Å². The van der Waals surface area contributed by atoms with Crippen LogP contribution in [-0.2, 0) is 9.59 Å². The molecule has 1 heterocycles. The van der Waals surface area contributed by atoms with Gasteiger partial charge in [0.25, 0.3) is 5.91 Å². The minimum absolute atomic E-state index is 0.0190. The Kier molecular flexibility index (Phi) is 7.99. The lowest BCUT2D eigenvalue weighted by atomic mass is 10.0. The molecule has 2 N–H and O–H groups in total. The first-order valence-electron chi connectivity index (χ1n) is 11.8. The predicted molar refractivity (Wildman–Crippen MR) is 131 cm³/mol. The monoisotopic (exact) mass is 493 g/mol. The summed E-state index contributed by atoms with van der Waals surface area (Å²) in [5.74, 6) is -1.76. The number of carbonyl (C=O) groups is 3. The average molecular weight is 494 g/mol. The fourth-order valence-corrected chi connectivity index (χ4v) is 4.35. The molecule has 4 rings (SSSR count). The van der Waals surface area contributed by atoms with Crippen LogP contribution in [0.15, 0.2) is 71.3 Å². The second-order valence-electron chi connectivity index (χ2n) is 8.54. The zero-order chi connectivity index (χ0) is 25.5. The van der Waals surface area contributed by atoms with Gasteiger partial charge >= 0.3 is 0 Å². The minimum atomic E-state index is -1.18. The molecule has 2 aromatic carbocycles. The van der Waals surface area contributed by atoms with Gasteiger partial charge in [-0.25, -0.2) is 4.39 Å². The standard InChI is InChI=1S/C27H28FN3O5/c1-35-20-14-12-18(13-15-20)25(27(34)30-19-7-2-3-8-19)31(22-10-5-4-9-21(22)28)24(32)17-29-26(33)23-11-6-16-36-23/h4-6,9-16,19,25H,2-3,7-8,17H2,1H3,(H,29,33)(H,30,34). The van der Waals surface area contributed by atoms with Gasteiger partial charge in [-0.15, -0.1) is 0 Å². The highest BCUT2D eigenvalue weighted by molar-refractivity contribution is 6.04. The summed E-state index contributed by atoms with van der Waals surface area (Å²) in [4.78, 5) is 40.7. The van der Waals surface area contributed by atoms with E-state index in [1.165, 1.54) is 37.6 Å². The molecule has 1 atom stereocenters. The van der Waals surface area contributed by atoms with Gasteiger partial charge in [0.05, 0.1) is 25.6 Å². The first-order valence-corrected chi connectivity index (χ1v) is 11.8. The number of furan rings is 1. The first kappa shape index (κ1) is 25.0. The lowest BCUT2D eigenvalue weighted by Crippen LogP contribution is -2.49. The first-order chi connectivity index (χ1) is 17.5. The van der Waals surface area contributed by atoms with Crippen LogP contribution in [0.3, 0.4) is 0 Å². The zero-order valence-corrected chi connectivity index (χ0v) is 19.9. The minimum Gasteiger partial charge on any atom is -0.497 e. The van der Waals surface area contributed by atoms with Crippen molar-refractivity contribution < 1.29 is 27.9 Å². The molecular formula is C27H28FN3O5. The van der Waals surface area contributed by atoms with Crippen LogP contribution in [0.25, 0.3) is 0 Å². The maximum Gasteiger partial charge on any atom is 0.287 e. The average Bonchev–Trinajstić information content (AvgIpc) is 3.61. The van der Waals surface area contributed by atoms with E-state index in [2.05, 4.69) is 10.6 Å². The second-order valence-corrected chi connectivity index (χ2v) is 8.54. The lowest BCUT2D eigenvalue weighted by Gasteiger charge is -2.32. The fourth-order valence-electron chi connectivity index (χ4n) is 4.35. The van der Waals surface area contributed by atoms with Gasteiger partial charge in [-0.2, -0.15) is 0 Å². The molecule has 0 bridgehead atoms. The molecule has 1 aliphatic rings. The van der Waals surface area contributed by atoms with Gasteiger partial charge < -0.3 is 19.8 Å². The Bertz CT molecular complexity index is 1190. The van der Waals surface area contributed by atoms with Crippen molar-refractivity contribution in [2.24, 2.45) is 0 Å². The Balaban J connectivity index is 1.70. The molecule has 8 nitrogen and oxygen atoms in total. The number of carbonyl (C=O) groups excluding carboxylic acids is 3. The molecule has 3 amide bonds. The maximum atomic E-state index is 15.0. The molecule has 1 saturated carbocycles. The molecule has 1 fully saturated rings. The summed E-state index contributed by atoms with van der Waals surface area (Å²) in [6.07, 6.45) is 5.04. The number of nitrogens with zero attached hydrogens (tertiary/aromatic N) is 1. The van der Waals surface area contributed by atoms with Gasteiger partial charge in [-0.1, -0.05) is 37.1 Å². The predicted octanol–water partition coefficient (Wildman–Crippen LogP) is 3.99. The van der Waals surface area contributed by atoms with Crippen LogP contribution >= 0.6 is 0 Å². The molecule has 36 heavy (non-hydrogen) atoms. The Morgan fingerprint density at radius 3 is 2.42 bits per heavy atom. The number of anilines is 1. The van der Waals surface area contributed by atoms with Crippen molar-refractivity contribution in [3.8, 4) is 5.75 Å². The molecule has 0 radical (unpaired) electrons. The van der Waals surface area contributed by atoms with E-state index in [1.54, 1.807) is 36.4 Å². The highest BCUT2D eigenvalue weighted by atomic mass is 19.1. The van der Waals surface area contributed by atoms with E-state index in [9.17, 15) is 14.4 Å². The Morgan fingerprint density at radius 2 is 1.78 bits per heavy atom. The summed E-state index contributed by atoms with van der Waals surface area (Å²) in [5, 5.41) is 5.52. The molecule has 1 aromatic heterocycles. The van der Waals surface area contributed by atoms with Crippen molar-refractivity contribution >= 4 is 23.4 Å². The lowest BCUT2D eigenvalue weighted by molar-refractivity contribution is -0.126. The molecule has 188 valence electrons. The van der Waals surface area contributed by atoms with Crippen molar-refractivity contribution in [2.75, 3.05) is 18.6 Å². The van der Waals surface area contributed by atoms with E-state index in [1.807, 2.05) is 0 Å². The number of amides is 3. The maximum absolute atomic E-state index is 15.0. The summed E-state index contributed by atoms with van der Waals surface area (Å²) in [5.41, 5.74) is 0.400. The van der Waals surface area contributed by atoms with Gasteiger partial charge in [0.15, 0.2) is 5.76 Å². The van der Waals surface area contributed by atoms with Gasteiger partial charge in [-0.05, 0) is 54.8 Å². The molecule has 0 saturated heterocycles. The van der Waals surface area contributed by atoms with Gasteiger partial charge in [-0.3, -0.25) is 19.3 Å². The van der Waals surface area contributed by atoms with Crippen molar-refractivity contribution in [3.05, 3.63) is 84.1 Å². The molecular weight excluding hydrogens is 465 g/mol. The fraction of sp³-hybridized carbons (Fsp3) is 0.296. The molecule has 0 spiro atoms. The van der Waals surface area contributed by atoms with Crippen molar-refractivity contribution in [3.63, 3.8) is 0 Å². The van der Waals surface area contributed by atoms with Gasteiger partial charge in [0.1, 0.15) is 17.6 Å². The number of halogens is 1. The second kappa shape index (κ2) is 11.5. The van der Waals surface area contributed by atoms with Crippen molar-refractivity contribution in [1.82, 2.24) is 10.6 Å². The topological polar surface area (TPSA) is 101 Å². The van der Waals surface area contributed by atoms with Crippen LogP contribution in [0.2, 0.25) is 0 Å². The van der Waals surface area contributed by atoms with Crippen molar-refractivity contribution in [1.29, 1.82) is 0 Å². The number of nitrogens with one attached hydrogen (secondary N) is 2. The number of rotatable bonds is 9. The number of benzene rings is 2. The third kappa shape index (κ3) is 5.73. The summed E-state index contributed by atoms with van der Waals surface area (Å²) in [7, 11) is 1.52. The highest BCUT2D eigenvalue weighted by Crippen LogP contribution is 2.31. The molecule has 1 aliphatic carbocycles. The van der Waals surface area contributed by atoms with Crippen LogP contribution < -0.4 is 20.3 Å². The van der Waals surface area contributed by atoms with E-state index in [0.717, 1.165) is 30.6 Å². The number of ether oxygens (including phenoxy) is 1. The summed E-state index contributed by atoms with van der Waals surface area (Å²) < 4.78 is 25.3. The number of hydrogen-bond donors (Lipinski definition) is 2. The molecule has 1 unspecified atom stereocenters. The van der Waals surface area contributed by atoms with Crippen LogP contribution in [0.4, 0.5) is 10.1 Å². The summed E-state index contributed by atoms with van der Waals surface area (Å²) >= 11 is 0. The Morgan fingerprint density at radius 1 is 1.06 bits per heavy atom. The van der Waals surface area contributed by atoms with Crippen LogP contribution in [-0.4, -0.2) is 37.4 Å². The van der Waals surface area contributed by atoms with Gasteiger partial charge in [0, 0.05) is 6.04 Å². The quantitative estimate of drug-likeness (QED) is 0.470. The number of methoxy groups -OCH3 is 1. The number of para-hydroxylation sites is 1. The van der Waals surface area contributed by atoms with Crippen molar-refractivity contribution in [2.45, 2.75) is 37.8 Å². The van der Waals surface area contributed by atoms with Gasteiger partial charge in [0.2, 0.25) is 11.8 Å². The number of hydrogen-bond acceptors (Lipinski definition) is 5. The van der Waals surface area contributed by atoms with Crippen LogP contribution in [0.1, 0.15) is 47.8 Å². The largest absolute Gasteiger partial charge is 0.497 e. The van der Waals surface area contributed by atoms with E-state index in [4.69, 9.17) is 9.15 Å². The Hall–Kier alpha value is -4.14. The van der Waals surface area contributed by atoms with E-state index < -0.39 is 36.1 Å². The summed E-state index contributed by atoms with van der Waals surface area (Å²) in [6, 6.07) is 14.2. The molecule has 9 heteroatoms. The SMILES string of the molecule is COc1ccc(C(C(=O)NC2CCCC2)N(C(=O)CNC(=O)c2ccco2)c2ccccc2F)cc1. The third-order valence-electron chi connectivity index (χ3n) is 6.17. The van der Waals surface area contributed by atoms with E-state index >= 15 is 4.39 Å². The smallest absolute Gasteiger partial charge is 0.287 e. The van der Waals surface area contributed by atoms with Crippen LogP contribution in [0, 0.1) is 5.82 Å². The summed E-state index contributed by atoms with van der Waals surface area (Å²) in [6.45, 7) is -0.475. The normalized spacial score (nSPS) is 14.2. The van der Waals surface area contributed by atoms with E-state index in [0.29, 0.717) is 11.3 Å². The molecule has 0 aliphatic heterocycles.